The summed E-state index contributed by atoms with van der Waals surface area (Å²) in [5, 5.41) is 21.5. The number of ether oxygens (including phenoxy) is 2. The fraction of sp³-hybridized carbons (Fsp3) is 0.145. The Morgan fingerprint density at radius 1 is 0.556 bits per heavy atom. The van der Waals surface area contributed by atoms with Crippen LogP contribution in [0.1, 0.15) is 41.5 Å². The van der Waals surface area contributed by atoms with Gasteiger partial charge in [-0.2, -0.15) is 29.9 Å². The molecule has 0 aliphatic carbocycles. The van der Waals surface area contributed by atoms with Gasteiger partial charge in [0.1, 0.15) is 27.8 Å². The molecule has 9 aromatic heterocycles. The zero-order valence-corrected chi connectivity index (χ0v) is 47.0. The number of aromatic nitrogens is 15. The van der Waals surface area contributed by atoms with Crippen molar-refractivity contribution in [2.75, 3.05) is 16.0 Å². The second-order valence-electron chi connectivity index (χ2n) is 19.5. The van der Waals surface area contributed by atoms with Crippen LogP contribution in [0.3, 0.4) is 0 Å². The summed E-state index contributed by atoms with van der Waals surface area (Å²) in [5.41, 5.74) is 16.3. The van der Waals surface area contributed by atoms with E-state index in [9.17, 15) is 9.59 Å². The largest absolute Gasteiger partial charge is 0.443 e. The molecule has 0 bridgehead atoms. The Kier molecular flexibility index (Phi) is 16.9. The lowest BCUT2D eigenvalue weighted by atomic mass is 10.1. The molecule has 0 atom stereocenters. The molecule has 26 heteroatoms. The average molecular weight is 1170 g/mol. The van der Waals surface area contributed by atoms with Crippen molar-refractivity contribution in [3.05, 3.63) is 168 Å². The smallest absolute Gasteiger partial charge is 0.435 e. The van der Waals surface area contributed by atoms with Crippen LogP contribution in [0.4, 0.5) is 38.3 Å². The number of hydrogen-bond acceptors (Lipinski definition) is 15. The molecule has 0 fully saturated rings. The molecule has 81 heavy (non-hydrogen) atoms. The predicted molar refractivity (Wildman–Crippen MR) is 315 cm³/mol. The normalized spacial score (nSPS) is 11.2. The number of carbonyl (C=O) groups excluding carboxylic acids is 2. The van der Waals surface area contributed by atoms with Gasteiger partial charge in [-0.25, -0.2) is 34.4 Å². The first kappa shape index (κ1) is 56.4. The fourth-order valence-corrected chi connectivity index (χ4v) is 8.43. The molecule has 412 valence electrons. The number of benzene rings is 3. The van der Waals surface area contributed by atoms with Crippen LogP contribution in [0.15, 0.2) is 147 Å². The van der Waals surface area contributed by atoms with E-state index in [1.54, 1.807) is 115 Å². The summed E-state index contributed by atoms with van der Waals surface area (Å²) in [6.07, 6.45) is 14.5. The maximum Gasteiger partial charge on any atom is 0.435 e. The first-order valence-electron chi connectivity index (χ1n) is 24.5. The number of halogens is 4. The molecule has 0 saturated heterocycles. The molecule has 9 heterocycles. The van der Waals surface area contributed by atoms with Crippen molar-refractivity contribution in [3.63, 3.8) is 0 Å². The van der Waals surface area contributed by atoms with Crippen LogP contribution in [-0.4, -0.2) is 98.4 Å². The number of nitrogens with zero attached hydrogens (tertiary/aromatic N) is 11. The zero-order chi connectivity index (χ0) is 57.4. The molecule has 0 aliphatic rings. The van der Waals surface area contributed by atoms with E-state index < -0.39 is 23.4 Å². The fourth-order valence-electron chi connectivity index (χ4n) is 7.63. The molecule has 0 aliphatic heterocycles. The number of rotatable bonds is 7. The van der Waals surface area contributed by atoms with Crippen molar-refractivity contribution in [1.82, 2.24) is 75.0 Å². The third-order valence-electron chi connectivity index (χ3n) is 11.2. The molecular weight excluding hydrogens is 1120 g/mol. The van der Waals surface area contributed by atoms with E-state index in [0.29, 0.717) is 33.3 Å². The van der Waals surface area contributed by atoms with Gasteiger partial charge >= 0.3 is 12.2 Å². The Bertz CT molecular complexity index is 4050. The molecule has 22 nitrogen and oxygen atoms in total. The molecule has 1 amide bonds. The monoisotopic (exact) mass is 1170 g/mol. The number of nitrogen functional groups attached to an aromatic ring is 1. The minimum absolute atomic E-state index is 0.00293. The highest BCUT2D eigenvalue weighted by Gasteiger charge is 2.29. The van der Waals surface area contributed by atoms with Gasteiger partial charge in [0.25, 0.3) is 0 Å². The molecule has 0 radical (unpaired) electrons. The van der Waals surface area contributed by atoms with Gasteiger partial charge in [-0.1, -0.05) is 48.0 Å². The molecule has 0 spiro atoms. The number of carbonyl (C=O) groups is 2. The second kappa shape index (κ2) is 24.3. The lowest BCUT2D eigenvalue weighted by Gasteiger charge is -2.27. The Hall–Kier alpha value is -9.35. The predicted octanol–water partition coefficient (Wildman–Crippen LogP) is 14.0. The van der Waals surface area contributed by atoms with Crippen LogP contribution < -0.4 is 16.0 Å². The Balaban J connectivity index is 0.000000147. The number of nitrogens with one attached hydrogen (secondary N) is 6. The molecule has 8 N–H and O–H groups in total. The molecule has 0 saturated carbocycles. The summed E-state index contributed by atoms with van der Waals surface area (Å²) < 4.78 is 12.2. The second-order valence-corrected chi connectivity index (χ2v) is 20.8. The van der Waals surface area contributed by atoms with E-state index in [0.717, 1.165) is 65.9 Å². The van der Waals surface area contributed by atoms with Gasteiger partial charge < -0.3 is 35.5 Å². The lowest BCUT2D eigenvalue weighted by Crippen LogP contribution is -2.34. The number of hydrogen-bond donors (Lipinski definition) is 7. The third-order valence-corrected chi connectivity index (χ3v) is 12.0. The molecule has 12 aromatic rings. The Morgan fingerprint density at radius 2 is 1.05 bits per heavy atom. The van der Waals surface area contributed by atoms with Gasteiger partial charge in [-0.15, -0.1) is 0 Å². The van der Waals surface area contributed by atoms with Crippen LogP contribution in [0.25, 0.3) is 66.5 Å². The quantitative estimate of drug-likeness (QED) is 0.0443. The Labute approximate surface area is 481 Å². The highest BCUT2D eigenvalue weighted by atomic mass is 35.5. The lowest BCUT2D eigenvalue weighted by molar-refractivity contribution is 0.0513. The van der Waals surface area contributed by atoms with Gasteiger partial charge in [0.2, 0.25) is 15.9 Å². The van der Waals surface area contributed by atoms with Crippen molar-refractivity contribution in [2.24, 2.45) is 0 Å². The highest BCUT2D eigenvalue weighted by Crippen LogP contribution is 2.34. The summed E-state index contributed by atoms with van der Waals surface area (Å²) in [6, 6.07) is 28.2. The summed E-state index contributed by atoms with van der Waals surface area (Å²) in [4.78, 5) is 60.6. The molecule has 0 unspecified atom stereocenters. The number of nitrogens with two attached hydrogens (primary N) is 1. The zero-order valence-electron chi connectivity index (χ0n) is 44.0. The van der Waals surface area contributed by atoms with Crippen molar-refractivity contribution >= 4 is 120 Å². The minimum atomic E-state index is -0.739. The van der Waals surface area contributed by atoms with E-state index in [-0.39, 0.29) is 21.7 Å². The summed E-state index contributed by atoms with van der Waals surface area (Å²) >= 11 is 23.4. The Morgan fingerprint density at radius 3 is 1.62 bits per heavy atom. The van der Waals surface area contributed by atoms with Crippen LogP contribution in [0, 0.1) is 0 Å². The number of amides is 1. The van der Waals surface area contributed by atoms with E-state index in [1.165, 1.54) is 4.90 Å². The first-order chi connectivity index (χ1) is 38.7. The number of aromatic amines is 5. The molecule has 3 aromatic carbocycles. The van der Waals surface area contributed by atoms with Crippen LogP contribution >= 0.6 is 46.4 Å². The van der Waals surface area contributed by atoms with Crippen molar-refractivity contribution in [1.29, 1.82) is 0 Å². The maximum atomic E-state index is 13.3. The van der Waals surface area contributed by atoms with Gasteiger partial charge in [-0.05, 0) is 148 Å². The van der Waals surface area contributed by atoms with E-state index in [4.69, 9.17) is 61.6 Å². The average Bonchev–Trinajstić information content (AvgIpc) is 4.38. The van der Waals surface area contributed by atoms with E-state index >= 15 is 0 Å². The number of anilines is 5. The maximum absolute atomic E-state index is 13.3. The summed E-state index contributed by atoms with van der Waals surface area (Å²) in [5.74, 6) is 0.908. The summed E-state index contributed by atoms with van der Waals surface area (Å²) in [7, 11) is 0. The third kappa shape index (κ3) is 14.5. The standard InChI is InChI=1S/C25H27ClN6O4.C15H11ClN6.C9H9N3.C6H3Cl2N3/c1-24(2,3)35-22(33)31-14-16(13-28-31)15-7-9-17(10-8-15)32(23(34)36-25(4,5)6)20-19-18(11-12-27-19)29-21(26)30-20;16-15-21-12-5-6-17-13(12)14(22-15)20-11-3-1-9(2-4-11)10-7-18-19-8-10;10-9-3-1-7(2-4-9)8-5-11-12-6-8;7-5-4-3(1-2-9-4)10-6(8)11-5/h7-14,27H,1-6H3;1-8,17H,(H,18,19)(H,20,21,22);1-6H,10H2,(H,11,12);1-2,9H. The van der Waals surface area contributed by atoms with E-state index in [1.807, 2.05) is 73.2 Å². The molecular formula is C55H50Cl4N18O4. The summed E-state index contributed by atoms with van der Waals surface area (Å²) in [6.45, 7) is 10.7. The van der Waals surface area contributed by atoms with Crippen LogP contribution in [0.2, 0.25) is 21.0 Å². The van der Waals surface area contributed by atoms with Crippen LogP contribution in [-0.2, 0) is 9.47 Å². The minimum Gasteiger partial charge on any atom is -0.443 e. The SMILES string of the molecule is CC(C)(C)OC(=O)N(c1ccc(-c2cnn(C(=O)OC(C)(C)C)c2)cc1)c1nc(Cl)nc2cc[nH]c12.Clc1nc(Cl)c2[nH]ccc2n1.Clc1nc(Nc2ccc(-c3cn[nH]c3)cc2)c2[nH]ccc2n1.Nc1ccc(-c2cn[nH]c2)cc1. The number of fused-ring (bicyclic) bond motifs is 3. The van der Waals surface area contributed by atoms with Crippen LogP contribution in [0.5, 0.6) is 0 Å². The molecule has 12 rings (SSSR count). The van der Waals surface area contributed by atoms with Gasteiger partial charge in [0.15, 0.2) is 16.8 Å². The van der Waals surface area contributed by atoms with Crippen molar-refractivity contribution < 1.29 is 19.1 Å². The van der Waals surface area contributed by atoms with Gasteiger partial charge in [0, 0.05) is 65.2 Å². The van der Waals surface area contributed by atoms with E-state index in [2.05, 4.69) is 75.7 Å². The number of H-pyrrole nitrogens is 5. The van der Waals surface area contributed by atoms with Crippen molar-refractivity contribution in [3.8, 4) is 33.4 Å². The highest BCUT2D eigenvalue weighted by molar-refractivity contribution is 6.35. The van der Waals surface area contributed by atoms with Gasteiger partial charge in [-0.3, -0.25) is 10.2 Å². The topological polar surface area (TPSA) is 294 Å². The van der Waals surface area contributed by atoms with Gasteiger partial charge in [0.05, 0.1) is 40.8 Å². The first-order valence-corrected chi connectivity index (χ1v) is 26.0. The van der Waals surface area contributed by atoms with Crippen molar-refractivity contribution in [2.45, 2.75) is 52.7 Å².